The van der Waals surface area contributed by atoms with Gasteiger partial charge in [0.2, 0.25) is 0 Å². The summed E-state index contributed by atoms with van der Waals surface area (Å²) in [6.07, 6.45) is 2.30. The lowest BCUT2D eigenvalue weighted by Gasteiger charge is -2.25. The van der Waals surface area contributed by atoms with E-state index in [2.05, 4.69) is 4.98 Å². The summed E-state index contributed by atoms with van der Waals surface area (Å²) in [4.78, 5) is 32.6. The van der Waals surface area contributed by atoms with E-state index >= 15 is 0 Å². The molecule has 1 saturated heterocycles. The number of methoxy groups -OCH3 is 1. The number of benzene rings is 2. The van der Waals surface area contributed by atoms with E-state index in [0.29, 0.717) is 47.1 Å². The van der Waals surface area contributed by atoms with Crippen LogP contribution in [0.2, 0.25) is 0 Å². The van der Waals surface area contributed by atoms with Crippen LogP contribution in [0.15, 0.2) is 84.6 Å². The molecule has 0 radical (unpaired) electrons. The number of fused-ring (bicyclic) bond motifs is 1. The van der Waals surface area contributed by atoms with E-state index < -0.39 is 17.7 Å². The summed E-state index contributed by atoms with van der Waals surface area (Å²) in [5, 5.41) is 11.6. The Bertz CT molecular complexity index is 1490. The number of Topliss-reactive ketones (excluding diaryl/α,β-unsaturated/α-hetero) is 1. The number of aliphatic hydroxyl groups is 1. The molecule has 1 amide bonds. The number of aryl methyl sites for hydroxylation is 1. The average molecular weight is 498 g/mol. The third kappa shape index (κ3) is 4.59. The fourth-order valence-corrected chi connectivity index (χ4v) is 4.74. The second-order valence-corrected chi connectivity index (χ2v) is 8.80. The number of carbonyl (C=O) groups is 2. The largest absolute Gasteiger partial charge is 0.505 e. The van der Waals surface area contributed by atoms with Gasteiger partial charge in [-0.15, -0.1) is 0 Å². The van der Waals surface area contributed by atoms with Crippen molar-refractivity contribution in [1.29, 1.82) is 0 Å². The van der Waals surface area contributed by atoms with Crippen molar-refractivity contribution in [3.8, 4) is 11.5 Å². The third-order valence-corrected chi connectivity index (χ3v) is 6.37. The molecule has 2 aromatic carbocycles. The van der Waals surface area contributed by atoms with Crippen LogP contribution in [0.4, 0.5) is 0 Å². The summed E-state index contributed by atoms with van der Waals surface area (Å²) in [6.45, 7) is 2.48. The van der Waals surface area contributed by atoms with E-state index in [1.807, 2.05) is 66.7 Å². The Labute approximate surface area is 214 Å². The summed E-state index contributed by atoms with van der Waals surface area (Å²) in [5.41, 5.74) is 2.23. The number of carbonyl (C=O) groups excluding carboxylic acids is 2. The summed E-state index contributed by atoms with van der Waals surface area (Å²) in [7, 11) is 1.59. The predicted octanol–water partition coefficient (Wildman–Crippen LogP) is 4.89. The van der Waals surface area contributed by atoms with Crippen molar-refractivity contribution in [1.82, 2.24) is 14.3 Å². The highest BCUT2D eigenvalue weighted by molar-refractivity contribution is 6.46. The van der Waals surface area contributed by atoms with Crippen LogP contribution in [0.1, 0.15) is 29.4 Å². The summed E-state index contributed by atoms with van der Waals surface area (Å²) < 4.78 is 12.9. The first-order chi connectivity index (χ1) is 18.0. The molecule has 1 aliphatic rings. The smallest absolute Gasteiger partial charge is 0.295 e. The number of hydrogen-bond acceptors (Lipinski definition) is 6. The Morgan fingerprint density at radius 3 is 2.54 bits per heavy atom. The number of likely N-dealkylation sites (tertiary alicyclic amines) is 1. The minimum atomic E-state index is -0.801. The number of ether oxygens (including phenoxy) is 2. The zero-order valence-electron chi connectivity index (χ0n) is 20.6. The first-order valence-corrected chi connectivity index (χ1v) is 12.0. The van der Waals surface area contributed by atoms with Crippen LogP contribution in [-0.4, -0.2) is 51.3 Å². The van der Waals surface area contributed by atoms with Gasteiger partial charge >= 0.3 is 0 Å². The zero-order valence-corrected chi connectivity index (χ0v) is 20.6. The molecule has 0 aliphatic carbocycles. The number of ketones is 1. The molecular weight excluding hydrogens is 470 g/mol. The lowest BCUT2D eigenvalue weighted by molar-refractivity contribution is -0.140. The molecule has 3 heterocycles. The summed E-state index contributed by atoms with van der Waals surface area (Å²) in [5.74, 6) is -0.446. The molecule has 37 heavy (non-hydrogen) atoms. The quantitative estimate of drug-likeness (QED) is 0.161. The van der Waals surface area contributed by atoms with Gasteiger partial charge in [-0.2, -0.15) is 0 Å². The number of amides is 1. The van der Waals surface area contributed by atoms with Gasteiger partial charge < -0.3 is 19.5 Å². The number of aliphatic hydroxyl groups excluding tert-OH is 1. The minimum Gasteiger partial charge on any atom is -0.505 e. The monoisotopic (exact) mass is 497 g/mol. The SMILES string of the molecule is COCCCN1C(=O)C(=O)C(=C(O)c2c(C)nc3ccccn23)C1c1cccc(Oc2ccccc2)c1. The van der Waals surface area contributed by atoms with Crippen LogP contribution in [0, 0.1) is 6.92 Å². The van der Waals surface area contributed by atoms with Crippen molar-refractivity contribution < 1.29 is 24.2 Å². The van der Waals surface area contributed by atoms with E-state index in [9.17, 15) is 14.7 Å². The van der Waals surface area contributed by atoms with Gasteiger partial charge in [0.15, 0.2) is 5.76 Å². The number of aromatic nitrogens is 2. The topological polar surface area (TPSA) is 93.4 Å². The molecule has 0 spiro atoms. The summed E-state index contributed by atoms with van der Waals surface area (Å²) in [6, 6.07) is 21.3. The highest BCUT2D eigenvalue weighted by Gasteiger charge is 2.46. The van der Waals surface area contributed by atoms with Crippen molar-refractivity contribution >= 4 is 23.1 Å². The van der Waals surface area contributed by atoms with Crippen LogP contribution in [-0.2, 0) is 14.3 Å². The van der Waals surface area contributed by atoms with E-state index in [1.165, 1.54) is 4.90 Å². The average Bonchev–Trinajstić information content (AvgIpc) is 3.37. The second-order valence-electron chi connectivity index (χ2n) is 8.80. The number of hydrogen-bond donors (Lipinski definition) is 1. The van der Waals surface area contributed by atoms with Crippen LogP contribution >= 0.6 is 0 Å². The fraction of sp³-hybridized carbons (Fsp3) is 0.207. The molecule has 1 unspecified atom stereocenters. The maximum atomic E-state index is 13.4. The van der Waals surface area contributed by atoms with Gasteiger partial charge in [0.25, 0.3) is 11.7 Å². The Morgan fingerprint density at radius 1 is 1.00 bits per heavy atom. The zero-order chi connectivity index (χ0) is 25.9. The van der Waals surface area contributed by atoms with Gasteiger partial charge in [0, 0.05) is 26.5 Å². The molecule has 2 aromatic heterocycles. The highest BCUT2D eigenvalue weighted by atomic mass is 16.5. The molecule has 8 nitrogen and oxygen atoms in total. The van der Waals surface area contributed by atoms with Crippen LogP contribution in [0.5, 0.6) is 11.5 Å². The van der Waals surface area contributed by atoms with Gasteiger partial charge in [0.05, 0.1) is 17.3 Å². The molecule has 1 atom stereocenters. The molecule has 8 heteroatoms. The molecule has 1 fully saturated rings. The third-order valence-electron chi connectivity index (χ3n) is 6.37. The molecule has 188 valence electrons. The van der Waals surface area contributed by atoms with Gasteiger partial charge in [0.1, 0.15) is 22.8 Å². The first kappa shape index (κ1) is 24.3. The Morgan fingerprint density at radius 2 is 1.76 bits per heavy atom. The lowest BCUT2D eigenvalue weighted by Crippen LogP contribution is -2.31. The lowest BCUT2D eigenvalue weighted by atomic mass is 9.96. The summed E-state index contributed by atoms with van der Waals surface area (Å²) >= 11 is 0. The predicted molar refractivity (Wildman–Crippen MR) is 138 cm³/mol. The van der Waals surface area contributed by atoms with Crippen molar-refractivity contribution in [2.24, 2.45) is 0 Å². The molecule has 1 aliphatic heterocycles. The number of nitrogens with zero attached hydrogens (tertiary/aromatic N) is 3. The Balaban J connectivity index is 1.64. The molecule has 0 saturated carbocycles. The maximum Gasteiger partial charge on any atom is 0.295 e. The van der Waals surface area contributed by atoms with E-state index in [0.717, 1.165) is 0 Å². The maximum absolute atomic E-state index is 13.4. The van der Waals surface area contributed by atoms with E-state index in [4.69, 9.17) is 9.47 Å². The van der Waals surface area contributed by atoms with Crippen molar-refractivity contribution in [3.63, 3.8) is 0 Å². The van der Waals surface area contributed by atoms with Crippen LogP contribution in [0.3, 0.4) is 0 Å². The minimum absolute atomic E-state index is 0.0213. The van der Waals surface area contributed by atoms with E-state index in [-0.39, 0.29) is 17.9 Å². The first-order valence-electron chi connectivity index (χ1n) is 12.0. The van der Waals surface area contributed by atoms with E-state index in [1.54, 1.807) is 30.7 Å². The molecule has 1 N–H and O–H groups in total. The molecule has 0 bridgehead atoms. The molecule has 4 aromatic rings. The van der Waals surface area contributed by atoms with Crippen LogP contribution < -0.4 is 4.74 Å². The van der Waals surface area contributed by atoms with Crippen LogP contribution in [0.25, 0.3) is 11.4 Å². The fourth-order valence-electron chi connectivity index (χ4n) is 4.74. The Hall–Kier alpha value is -4.43. The standard InChI is InChI=1S/C29H27N3O5/c1-19-25(31-15-7-6-14-23(31)30-19)27(33)24-26(32(16-9-17-36-2)29(35)28(24)34)20-10-8-13-22(18-20)37-21-11-4-3-5-12-21/h3-8,10-15,18,26,33H,9,16-17H2,1-2H3. The highest BCUT2D eigenvalue weighted by Crippen LogP contribution is 2.41. The van der Waals surface area contributed by atoms with Crippen molar-refractivity contribution in [3.05, 3.63) is 102 Å². The number of imidazole rings is 1. The Kier molecular flexibility index (Phi) is 6.74. The normalized spacial score (nSPS) is 17.0. The van der Waals surface area contributed by atoms with Crippen molar-refractivity contribution in [2.45, 2.75) is 19.4 Å². The van der Waals surface area contributed by atoms with Gasteiger partial charge in [-0.3, -0.25) is 14.0 Å². The number of para-hydroxylation sites is 1. The van der Waals surface area contributed by atoms with Gasteiger partial charge in [-0.1, -0.05) is 36.4 Å². The second kappa shape index (κ2) is 10.3. The molecule has 5 rings (SSSR count). The van der Waals surface area contributed by atoms with Crippen molar-refractivity contribution in [2.75, 3.05) is 20.3 Å². The van der Waals surface area contributed by atoms with Gasteiger partial charge in [-0.05, 0) is 55.3 Å². The van der Waals surface area contributed by atoms with Gasteiger partial charge in [-0.25, -0.2) is 4.98 Å². The number of pyridine rings is 1. The molecular formula is C29H27N3O5. The number of rotatable bonds is 8.